The topological polar surface area (TPSA) is 71.8 Å². The standard InChI is InChI=1S/C13H16FN5O/c1-2-15-7-12-8-19(18-17-12)9-13(20)16-11-5-3-4-10(14)6-11/h3-6,8,15H,2,7,9H2,1H3,(H,16,20). The van der Waals surface area contributed by atoms with Gasteiger partial charge < -0.3 is 10.6 Å². The smallest absolute Gasteiger partial charge is 0.246 e. The predicted octanol–water partition coefficient (Wildman–Crippen LogP) is 1.17. The van der Waals surface area contributed by atoms with Gasteiger partial charge in [0, 0.05) is 12.2 Å². The Morgan fingerprint density at radius 3 is 3.05 bits per heavy atom. The molecule has 0 radical (unpaired) electrons. The molecule has 0 saturated heterocycles. The summed E-state index contributed by atoms with van der Waals surface area (Å²) in [5, 5.41) is 13.5. The van der Waals surface area contributed by atoms with E-state index in [0.717, 1.165) is 12.2 Å². The summed E-state index contributed by atoms with van der Waals surface area (Å²) in [6.07, 6.45) is 1.70. The molecule has 0 fully saturated rings. The van der Waals surface area contributed by atoms with E-state index in [9.17, 15) is 9.18 Å². The van der Waals surface area contributed by atoms with Crippen LogP contribution < -0.4 is 10.6 Å². The van der Waals surface area contributed by atoms with Gasteiger partial charge >= 0.3 is 0 Å². The molecule has 0 atom stereocenters. The summed E-state index contributed by atoms with van der Waals surface area (Å²) < 4.78 is 14.4. The van der Waals surface area contributed by atoms with Crippen molar-refractivity contribution in [3.05, 3.63) is 42.0 Å². The van der Waals surface area contributed by atoms with Crippen molar-refractivity contribution >= 4 is 11.6 Å². The maximum absolute atomic E-state index is 13.0. The van der Waals surface area contributed by atoms with Gasteiger partial charge in [-0.2, -0.15) is 0 Å². The van der Waals surface area contributed by atoms with Crippen LogP contribution in [0.25, 0.3) is 0 Å². The lowest BCUT2D eigenvalue weighted by molar-refractivity contribution is -0.116. The minimum Gasteiger partial charge on any atom is -0.324 e. The van der Waals surface area contributed by atoms with E-state index < -0.39 is 5.82 Å². The zero-order valence-corrected chi connectivity index (χ0v) is 11.1. The molecule has 2 rings (SSSR count). The maximum Gasteiger partial charge on any atom is 0.246 e. The van der Waals surface area contributed by atoms with Crippen LogP contribution in [0.15, 0.2) is 30.5 Å². The Hall–Kier alpha value is -2.28. The van der Waals surface area contributed by atoms with Crippen molar-refractivity contribution in [2.24, 2.45) is 0 Å². The largest absolute Gasteiger partial charge is 0.324 e. The van der Waals surface area contributed by atoms with Crippen LogP contribution in [0.4, 0.5) is 10.1 Å². The Morgan fingerprint density at radius 1 is 1.45 bits per heavy atom. The summed E-state index contributed by atoms with van der Waals surface area (Å²) in [7, 11) is 0. The number of hydrogen-bond acceptors (Lipinski definition) is 4. The minimum absolute atomic E-state index is 0.0373. The van der Waals surface area contributed by atoms with Crippen LogP contribution >= 0.6 is 0 Å². The van der Waals surface area contributed by atoms with Crippen molar-refractivity contribution in [1.82, 2.24) is 20.3 Å². The van der Waals surface area contributed by atoms with E-state index >= 15 is 0 Å². The molecule has 0 saturated carbocycles. The number of benzene rings is 1. The zero-order chi connectivity index (χ0) is 14.4. The molecule has 0 aliphatic heterocycles. The van der Waals surface area contributed by atoms with Crippen LogP contribution in [-0.2, 0) is 17.9 Å². The van der Waals surface area contributed by atoms with E-state index in [0.29, 0.717) is 12.2 Å². The fraction of sp³-hybridized carbons (Fsp3) is 0.308. The molecule has 20 heavy (non-hydrogen) atoms. The van der Waals surface area contributed by atoms with Crippen molar-refractivity contribution in [1.29, 1.82) is 0 Å². The van der Waals surface area contributed by atoms with Gasteiger partial charge in [-0.1, -0.05) is 18.2 Å². The van der Waals surface area contributed by atoms with Gasteiger partial charge in [0.05, 0.1) is 11.9 Å². The van der Waals surface area contributed by atoms with Crippen LogP contribution in [0.1, 0.15) is 12.6 Å². The number of amides is 1. The number of nitrogens with zero attached hydrogens (tertiary/aromatic N) is 3. The second kappa shape index (κ2) is 6.76. The Bertz CT molecular complexity index is 584. The van der Waals surface area contributed by atoms with Crippen LogP contribution in [0.5, 0.6) is 0 Å². The van der Waals surface area contributed by atoms with Crippen LogP contribution in [0.3, 0.4) is 0 Å². The SMILES string of the molecule is CCNCc1cn(CC(=O)Nc2cccc(F)c2)nn1. The Balaban J connectivity index is 1.89. The summed E-state index contributed by atoms with van der Waals surface area (Å²) >= 11 is 0. The molecule has 6 nitrogen and oxygen atoms in total. The summed E-state index contributed by atoms with van der Waals surface area (Å²) in [6, 6.07) is 5.74. The third kappa shape index (κ3) is 4.13. The van der Waals surface area contributed by atoms with Gasteiger partial charge in [0.1, 0.15) is 12.4 Å². The summed E-state index contributed by atoms with van der Waals surface area (Å²) in [5.74, 6) is -0.674. The number of anilines is 1. The van der Waals surface area contributed by atoms with Crippen molar-refractivity contribution < 1.29 is 9.18 Å². The molecule has 0 bridgehead atoms. The van der Waals surface area contributed by atoms with E-state index in [-0.39, 0.29) is 12.5 Å². The van der Waals surface area contributed by atoms with E-state index in [2.05, 4.69) is 20.9 Å². The van der Waals surface area contributed by atoms with Gasteiger partial charge in [0.25, 0.3) is 0 Å². The first kappa shape index (κ1) is 14.1. The third-order valence-corrected chi connectivity index (χ3v) is 2.56. The number of rotatable bonds is 6. The molecule has 2 N–H and O–H groups in total. The zero-order valence-electron chi connectivity index (χ0n) is 11.1. The van der Waals surface area contributed by atoms with Gasteiger partial charge in [-0.15, -0.1) is 5.10 Å². The summed E-state index contributed by atoms with van der Waals surface area (Å²) in [5.41, 5.74) is 1.19. The molecule has 0 aliphatic carbocycles. The lowest BCUT2D eigenvalue weighted by Crippen LogP contribution is -2.19. The monoisotopic (exact) mass is 277 g/mol. The van der Waals surface area contributed by atoms with E-state index in [1.54, 1.807) is 12.3 Å². The van der Waals surface area contributed by atoms with Gasteiger partial charge in [-0.3, -0.25) is 4.79 Å². The average Bonchev–Trinajstić information content (AvgIpc) is 2.83. The summed E-state index contributed by atoms with van der Waals surface area (Å²) in [6.45, 7) is 3.49. The number of hydrogen-bond donors (Lipinski definition) is 2. The first-order chi connectivity index (χ1) is 9.67. The Kier molecular flexibility index (Phi) is 4.78. The molecule has 106 valence electrons. The molecule has 0 unspecified atom stereocenters. The highest BCUT2D eigenvalue weighted by Crippen LogP contribution is 2.08. The molecule has 2 aromatic rings. The fourth-order valence-electron chi connectivity index (χ4n) is 1.66. The van der Waals surface area contributed by atoms with Crippen molar-refractivity contribution in [3.63, 3.8) is 0 Å². The quantitative estimate of drug-likeness (QED) is 0.831. The lowest BCUT2D eigenvalue weighted by Gasteiger charge is -2.04. The Morgan fingerprint density at radius 2 is 2.30 bits per heavy atom. The van der Waals surface area contributed by atoms with E-state index in [1.807, 2.05) is 6.92 Å². The number of aromatic nitrogens is 3. The lowest BCUT2D eigenvalue weighted by atomic mass is 10.3. The normalized spacial score (nSPS) is 10.5. The number of carbonyl (C=O) groups is 1. The highest BCUT2D eigenvalue weighted by Gasteiger charge is 2.06. The van der Waals surface area contributed by atoms with Gasteiger partial charge in [0.15, 0.2) is 0 Å². The maximum atomic E-state index is 13.0. The molecular weight excluding hydrogens is 261 g/mol. The van der Waals surface area contributed by atoms with Crippen LogP contribution in [-0.4, -0.2) is 27.4 Å². The molecule has 1 aromatic carbocycles. The molecule has 1 aromatic heterocycles. The fourth-order valence-corrected chi connectivity index (χ4v) is 1.66. The summed E-state index contributed by atoms with van der Waals surface area (Å²) in [4.78, 5) is 11.8. The highest BCUT2D eigenvalue weighted by molar-refractivity contribution is 5.90. The van der Waals surface area contributed by atoms with Gasteiger partial charge in [-0.25, -0.2) is 9.07 Å². The number of nitrogens with one attached hydrogen (secondary N) is 2. The second-order valence-electron chi connectivity index (χ2n) is 4.25. The predicted molar refractivity (Wildman–Crippen MR) is 72.4 cm³/mol. The van der Waals surface area contributed by atoms with Crippen molar-refractivity contribution in [3.8, 4) is 0 Å². The second-order valence-corrected chi connectivity index (χ2v) is 4.25. The third-order valence-electron chi connectivity index (χ3n) is 2.56. The average molecular weight is 277 g/mol. The molecule has 1 heterocycles. The highest BCUT2D eigenvalue weighted by atomic mass is 19.1. The molecule has 0 aliphatic rings. The molecule has 7 heteroatoms. The van der Waals surface area contributed by atoms with Crippen LogP contribution in [0.2, 0.25) is 0 Å². The van der Waals surface area contributed by atoms with Crippen molar-refractivity contribution in [2.75, 3.05) is 11.9 Å². The van der Waals surface area contributed by atoms with Gasteiger partial charge in [-0.05, 0) is 24.7 Å². The first-order valence-electron chi connectivity index (χ1n) is 6.32. The van der Waals surface area contributed by atoms with E-state index in [1.165, 1.54) is 22.9 Å². The molecular formula is C13H16FN5O. The minimum atomic E-state index is -0.392. The van der Waals surface area contributed by atoms with Crippen molar-refractivity contribution in [2.45, 2.75) is 20.0 Å². The number of carbonyl (C=O) groups excluding carboxylic acids is 1. The van der Waals surface area contributed by atoms with Gasteiger partial charge in [0.2, 0.25) is 5.91 Å². The van der Waals surface area contributed by atoms with Crippen LogP contribution in [0, 0.1) is 5.82 Å². The Labute approximate surface area is 116 Å². The van der Waals surface area contributed by atoms with E-state index in [4.69, 9.17) is 0 Å². The number of halogens is 1. The molecule has 0 spiro atoms. The first-order valence-corrected chi connectivity index (χ1v) is 6.32. The molecule has 1 amide bonds.